The summed E-state index contributed by atoms with van der Waals surface area (Å²) in [5.74, 6) is 0. The number of hydrogen-bond donors (Lipinski definition) is 0. The molecule has 0 saturated heterocycles. The van der Waals surface area contributed by atoms with Gasteiger partial charge in [-0.05, 0) is 48.5 Å². The van der Waals surface area contributed by atoms with Crippen molar-refractivity contribution in [3.05, 3.63) is 115 Å². The van der Waals surface area contributed by atoms with Crippen LogP contribution in [0.5, 0.6) is 0 Å². The molecule has 7 aromatic rings. The summed E-state index contributed by atoms with van der Waals surface area (Å²) in [6.07, 6.45) is 0. The maximum Gasteiger partial charge on any atom is 0.146 e. The Morgan fingerprint density at radius 3 is 2.03 bits per heavy atom. The van der Waals surface area contributed by atoms with Gasteiger partial charge in [0, 0.05) is 27.5 Å². The summed E-state index contributed by atoms with van der Waals surface area (Å²) >= 11 is 0. The summed E-state index contributed by atoms with van der Waals surface area (Å²) < 4.78 is 4.46. The fraction of sp³-hybridized carbons (Fsp3) is 0. The van der Waals surface area contributed by atoms with Crippen molar-refractivity contribution >= 4 is 43.9 Å². The molecule has 4 heteroatoms. The van der Waals surface area contributed by atoms with Crippen molar-refractivity contribution < 1.29 is 0 Å². The summed E-state index contributed by atoms with van der Waals surface area (Å²) in [4.78, 5) is 5.29. The molecular formula is C30H18N4. The van der Waals surface area contributed by atoms with Crippen LogP contribution in [0.3, 0.4) is 0 Å². The number of rotatable bonds is 2. The molecule has 3 aromatic heterocycles. The first-order valence-electron chi connectivity index (χ1n) is 11.2. The minimum Gasteiger partial charge on any atom is -0.308 e. The van der Waals surface area contributed by atoms with Gasteiger partial charge in [-0.15, -0.1) is 0 Å². The maximum absolute atomic E-state index is 9.48. The average Bonchev–Trinajstić information content (AvgIpc) is 3.40. The first kappa shape index (κ1) is 18.7. The summed E-state index contributed by atoms with van der Waals surface area (Å²) in [5.41, 5.74) is 7.80. The normalized spacial score (nSPS) is 11.5. The Morgan fingerprint density at radius 2 is 1.24 bits per heavy atom. The molecule has 0 amide bonds. The highest BCUT2D eigenvalue weighted by Crippen LogP contribution is 2.37. The van der Waals surface area contributed by atoms with Crippen LogP contribution in [0.15, 0.2) is 109 Å². The predicted molar refractivity (Wildman–Crippen MR) is 138 cm³/mol. The summed E-state index contributed by atoms with van der Waals surface area (Å²) in [7, 11) is 0. The van der Waals surface area contributed by atoms with E-state index in [1.54, 1.807) is 0 Å². The topological polar surface area (TPSA) is 46.5 Å². The second-order valence-corrected chi connectivity index (χ2v) is 8.43. The molecule has 34 heavy (non-hydrogen) atoms. The Labute approximate surface area is 195 Å². The summed E-state index contributed by atoms with van der Waals surface area (Å²) in [6.45, 7) is 0. The van der Waals surface area contributed by atoms with Gasteiger partial charge in [-0.3, -0.25) is 4.57 Å². The van der Waals surface area contributed by atoms with Crippen molar-refractivity contribution in [2.75, 3.05) is 0 Å². The van der Waals surface area contributed by atoms with Gasteiger partial charge in [0.1, 0.15) is 5.65 Å². The number of hydrogen-bond acceptors (Lipinski definition) is 2. The van der Waals surface area contributed by atoms with E-state index in [0.717, 1.165) is 49.9 Å². The Hall–Kier alpha value is -4.88. The van der Waals surface area contributed by atoms with Gasteiger partial charge < -0.3 is 4.57 Å². The zero-order valence-electron chi connectivity index (χ0n) is 18.2. The first-order valence-corrected chi connectivity index (χ1v) is 11.2. The van der Waals surface area contributed by atoms with Crippen LogP contribution in [0, 0.1) is 11.3 Å². The largest absolute Gasteiger partial charge is 0.308 e. The van der Waals surface area contributed by atoms with Gasteiger partial charge in [-0.25, -0.2) is 4.98 Å². The molecule has 0 aliphatic rings. The van der Waals surface area contributed by atoms with Gasteiger partial charge in [0.25, 0.3) is 0 Å². The minimum absolute atomic E-state index is 0.637. The first-order chi connectivity index (χ1) is 16.8. The Balaban J connectivity index is 1.68. The lowest BCUT2D eigenvalue weighted by Crippen LogP contribution is -1.96. The highest BCUT2D eigenvalue weighted by molar-refractivity contribution is 6.15. The average molecular weight is 435 g/mol. The van der Waals surface area contributed by atoms with E-state index in [0.29, 0.717) is 5.56 Å². The molecule has 0 atom stereocenters. The number of pyridine rings is 1. The van der Waals surface area contributed by atoms with Gasteiger partial charge in [0.15, 0.2) is 0 Å². The molecule has 0 aliphatic carbocycles. The number of para-hydroxylation sites is 3. The van der Waals surface area contributed by atoms with Crippen molar-refractivity contribution in [3.63, 3.8) is 0 Å². The number of nitrogens with zero attached hydrogens (tertiary/aromatic N) is 4. The molecule has 0 unspecified atom stereocenters. The third kappa shape index (κ3) is 2.55. The molecule has 4 nitrogen and oxygen atoms in total. The number of aromatic nitrogens is 3. The minimum atomic E-state index is 0.637. The van der Waals surface area contributed by atoms with E-state index >= 15 is 0 Å². The predicted octanol–water partition coefficient (Wildman–Crippen LogP) is 7.15. The van der Waals surface area contributed by atoms with E-state index in [1.165, 1.54) is 5.39 Å². The second-order valence-electron chi connectivity index (χ2n) is 8.43. The SMILES string of the molecule is N#Cc1cccc(-n2c3ccccc3c3nc4c(cc32)c2ccccc2n4-c2ccccc2)c1. The Bertz CT molecular complexity index is 1920. The molecule has 7 rings (SSSR count). The van der Waals surface area contributed by atoms with Crippen LogP contribution < -0.4 is 0 Å². The fourth-order valence-corrected chi connectivity index (χ4v) is 5.07. The van der Waals surface area contributed by atoms with E-state index in [1.807, 2.05) is 36.4 Å². The summed E-state index contributed by atoms with van der Waals surface area (Å²) in [6, 6.07) is 39.4. The third-order valence-corrected chi connectivity index (χ3v) is 6.52. The van der Waals surface area contributed by atoms with Crippen LogP contribution >= 0.6 is 0 Å². The van der Waals surface area contributed by atoms with Crippen molar-refractivity contribution in [1.29, 1.82) is 5.26 Å². The van der Waals surface area contributed by atoms with Crippen molar-refractivity contribution in [1.82, 2.24) is 14.1 Å². The van der Waals surface area contributed by atoms with Crippen LogP contribution in [0.1, 0.15) is 5.56 Å². The molecule has 3 heterocycles. The lowest BCUT2D eigenvalue weighted by molar-refractivity contribution is 1.14. The molecular weight excluding hydrogens is 416 g/mol. The number of nitriles is 1. The Morgan fingerprint density at radius 1 is 0.559 bits per heavy atom. The van der Waals surface area contributed by atoms with E-state index in [2.05, 4.69) is 88.0 Å². The van der Waals surface area contributed by atoms with E-state index in [-0.39, 0.29) is 0 Å². The van der Waals surface area contributed by atoms with Crippen molar-refractivity contribution in [3.8, 4) is 17.4 Å². The molecule has 0 aliphatic heterocycles. The molecule has 0 N–H and O–H groups in total. The molecule has 4 aromatic carbocycles. The van der Waals surface area contributed by atoms with Crippen LogP contribution in [0.25, 0.3) is 55.2 Å². The molecule has 0 bridgehead atoms. The zero-order chi connectivity index (χ0) is 22.6. The number of fused-ring (bicyclic) bond motifs is 6. The monoisotopic (exact) mass is 434 g/mol. The van der Waals surface area contributed by atoms with Crippen molar-refractivity contribution in [2.45, 2.75) is 0 Å². The van der Waals surface area contributed by atoms with Gasteiger partial charge in [0.2, 0.25) is 0 Å². The molecule has 0 radical (unpaired) electrons. The molecule has 0 fully saturated rings. The van der Waals surface area contributed by atoms with E-state index in [4.69, 9.17) is 4.98 Å². The molecule has 0 spiro atoms. The van der Waals surface area contributed by atoms with E-state index in [9.17, 15) is 5.26 Å². The lowest BCUT2D eigenvalue weighted by Gasteiger charge is -2.08. The van der Waals surface area contributed by atoms with Crippen molar-refractivity contribution in [2.24, 2.45) is 0 Å². The smallest absolute Gasteiger partial charge is 0.146 e. The van der Waals surface area contributed by atoms with Gasteiger partial charge in [0.05, 0.1) is 33.7 Å². The molecule has 0 saturated carbocycles. The third-order valence-electron chi connectivity index (χ3n) is 6.52. The maximum atomic E-state index is 9.48. The molecule has 158 valence electrons. The summed E-state index contributed by atoms with van der Waals surface area (Å²) in [5, 5.41) is 12.8. The lowest BCUT2D eigenvalue weighted by atomic mass is 10.1. The highest BCUT2D eigenvalue weighted by Gasteiger charge is 2.19. The van der Waals surface area contributed by atoms with Gasteiger partial charge >= 0.3 is 0 Å². The van der Waals surface area contributed by atoms with Crippen LogP contribution in [0.2, 0.25) is 0 Å². The van der Waals surface area contributed by atoms with Crippen LogP contribution in [0.4, 0.5) is 0 Å². The van der Waals surface area contributed by atoms with Gasteiger partial charge in [-0.1, -0.05) is 60.7 Å². The second kappa shape index (κ2) is 7.06. The van der Waals surface area contributed by atoms with Crippen LogP contribution in [-0.2, 0) is 0 Å². The van der Waals surface area contributed by atoms with Gasteiger partial charge in [-0.2, -0.15) is 5.26 Å². The Kier molecular flexibility index (Phi) is 3.88. The quantitative estimate of drug-likeness (QED) is 0.290. The van der Waals surface area contributed by atoms with Crippen LogP contribution in [-0.4, -0.2) is 14.1 Å². The highest BCUT2D eigenvalue weighted by atomic mass is 15.1. The standard InChI is InChI=1S/C30H18N4/c31-19-20-9-8-12-22(17-20)33-27-16-7-5-14-24(27)29-28(33)18-25-23-13-4-6-15-26(23)34(30(25)32-29)21-10-2-1-3-11-21/h1-18H. The zero-order valence-corrected chi connectivity index (χ0v) is 18.2. The number of benzene rings is 4. The fourth-order valence-electron chi connectivity index (χ4n) is 5.07. The van der Waals surface area contributed by atoms with E-state index < -0.39 is 0 Å².